The van der Waals surface area contributed by atoms with Crippen molar-refractivity contribution in [2.45, 2.75) is 181 Å². The molecule has 1 unspecified atom stereocenters. The number of hydrogen-bond donors (Lipinski definition) is 0. The number of hydrogen-bond acceptors (Lipinski definition) is 6. The summed E-state index contributed by atoms with van der Waals surface area (Å²) in [7, 11) is 0. The fourth-order valence-corrected chi connectivity index (χ4v) is 4.98. The molecule has 0 amide bonds. The largest absolute Gasteiger partial charge is 0.462 e. The van der Waals surface area contributed by atoms with Crippen LogP contribution in [0.2, 0.25) is 0 Å². The van der Waals surface area contributed by atoms with E-state index in [1.807, 2.05) is 0 Å². The summed E-state index contributed by atoms with van der Waals surface area (Å²) in [5.41, 5.74) is 0. The summed E-state index contributed by atoms with van der Waals surface area (Å²) in [6.07, 6.45) is 43.7. The fourth-order valence-electron chi connectivity index (χ4n) is 4.98. The van der Waals surface area contributed by atoms with E-state index in [-0.39, 0.29) is 37.5 Å². The van der Waals surface area contributed by atoms with Crippen LogP contribution in [0.4, 0.5) is 0 Å². The number of rotatable bonds is 34. The van der Waals surface area contributed by atoms with E-state index in [4.69, 9.17) is 14.2 Å². The van der Waals surface area contributed by atoms with E-state index in [0.717, 1.165) is 70.6 Å². The zero-order valence-corrected chi connectivity index (χ0v) is 31.7. The Morgan fingerprint density at radius 1 is 0.429 bits per heavy atom. The number of esters is 3. The molecule has 0 spiro atoms. The van der Waals surface area contributed by atoms with Gasteiger partial charge in [0.15, 0.2) is 6.10 Å². The van der Waals surface area contributed by atoms with Crippen molar-refractivity contribution in [3.05, 3.63) is 60.8 Å². The van der Waals surface area contributed by atoms with Crippen LogP contribution in [0.15, 0.2) is 60.8 Å². The van der Waals surface area contributed by atoms with Gasteiger partial charge in [-0.25, -0.2) is 0 Å². The SMILES string of the molecule is CC/C=C\C/C=C\C/C=C\CCCC(=O)OCC(COC(=O)CCC/C=C\CCCCCC)OC(=O)CCCCCCC/C=C\CCCC. The van der Waals surface area contributed by atoms with Crippen LogP contribution in [0, 0.1) is 0 Å². The predicted octanol–water partition coefficient (Wildman–Crippen LogP) is 12.2. The topological polar surface area (TPSA) is 78.9 Å². The molecule has 0 saturated carbocycles. The summed E-state index contributed by atoms with van der Waals surface area (Å²) in [6, 6.07) is 0. The molecule has 6 nitrogen and oxygen atoms in total. The highest BCUT2D eigenvalue weighted by Crippen LogP contribution is 2.11. The highest BCUT2D eigenvalue weighted by atomic mass is 16.6. The number of unbranched alkanes of at least 4 members (excludes halogenated alkanes) is 13. The molecular formula is C43H72O6. The van der Waals surface area contributed by atoms with Crippen LogP contribution in [0.1, 0.15) is 175 Å². The van der Waals surface area contributed by atoms with Gasteiger partial charge >= 0.3 is 17.9 Å². The zero-order chi connectivity index (χ0) is 35.9. The van der Waals surface area contributed by atoms with Gasteiger partial charge in [0.2, 0.25) is 0 Å². The van der Waals surface area contributed by atoms with Gasteiger partial charge in [-0.05, 0) is 83.5 Å². The highest BCUT2D eigenvalue weighted by Gasteiger charge is 2.19. The predicted molar refractivity (Wildman–Crippen MR) is 205 cm³/mol. The van der Waals surface area contributed by atoms with Crippen LogP contribution in [-0.2, 0) is 28.6 Å². The molecule has 0 saturated heterocycles. The molecule has 0 bridgehead atoms. The number of carbonyl (C=O) groups excluding carboxylic acids is 3. The summed E-state index contributed by atoms with van der Waals surface area (Å²) >= 11 is 0. The van der Waals surface area contributed by atoms with E-state index in [2.05, 4.69) is 81.5 Å². The maximum Gasteiger partial charge on any atom is 0.306 e. The average Bonchev–Trinajstić information content (AvgIpc) is 3.10. The molecule has 0 heterocycles. The summed E-state index contributed by atoms with van der Waals surface area (Å²) in [5, 5.41) is 0. The second kappa shape index (κ2) is 37.9. The van der Waals surface area contributed by atoms with Gasteiger partial charge in [0.05, 0.1) is 0 Å². The minimum Gasteiger partial charge on any atom is -0.462 e. The van der Waals surface area contributed by atoms with Crippen LogP contribution in [0.25, 0.3) is 0 Å². The Morgan fingerprint density at radius 2 is 0.837 bits per heavy atom. The first kappa shape index (κ1) is 46.1. The molecule has 0 aromatic carbocycles. The molecule has 6 heteroatoms. The molecule has 0 aromatic rings. The van der Waals surface area contributed by atoms with E-state index < -0.39 is 6.10 Å². The lowest BCUT2D eigenvalue weighted by molar-refractivity contribution is -0.167. The van der Waals surface area contributed by atoms with Crippen molar-refractivity contribution >= 4 is 17.9 Å². The zero-order valence-electron chi connectivity index (χ0n) is 31.7. The van der Waals surface area contributed by atoms with Crippen molar-refractivity contribution in [3.8, 4) is 0 Å². The van der Waals surface area contributed by atoms with E-state index in [1.165, 1.54) is 51.4 Å². The second-order valence-corrected chi connectivity index (χ2v) is 12.8. The number of carbonyl (C=O) groups is 3. The molecule has 0 N–H and O–H groups in total. The monoisotopic (exact) mass is 685 g/mol. The molecule has 0 fully saturated rings. The minimum absolute atomic E-state index is 0.110. The Kier molecular flexibility index (Phi) is 35.7. The molecule has 0 aliphatic heterocycles. The summed E-state index contributed by atoms with van der Waals surface area (Å²) in [5.74, 6) is -1.02. The Morgan fingerprint density at radius 3 is 1.39 bits per heavy atom. The van der Waals surface area contributed by atoms with Crippen molar-refractivity contribution in [2.24, 2.45) is 0 Å². The van der Waals surface area contributed by atoms with Crippen molar-refractivity contribution in [3.63, 3.8) is 0 Å². The highest BCUT2D eigenvalue weighted by molar-refractivity contribution is 5.71. The molecule has 0 radical (unpaired) electrons. The lowest BCUT2D eigenvalue weighted by atomic mass is 10.1. The van der Waals surface area contributed by atoms with E-state index in [1.54, 1.807) is 0 Å². The second-order valence-electron chi connectivity index (χ2n) is 12.8. The normalized spacial score (nSPS) is 12.6. The van der Waals surface area contributed by atoms with Gasteiger partial charge in [-0.2, -0.15) is 0 Å². The van der Waals surface area contributed by atoms with Gasteiger partial charge in [0.25, 0.3) is 0 Å². The van der Waals surface area contributed by atoms with Gasteiger partial charge in [-0.3, -0.25) is 14.4 Å². The molecule has 1 atom stereocenters. The minimum atomic E-state index is -0.804. The van der Waals surface area contributed by atoms with Crippen molar-refractivity contribution < 1.29 is 28.6 Å². The van der Waals surface area contributed by atoms with E-state index >= 15 is 0 Å². The van der Waals surface area contributed by atoms with Gasteiger partial charge in [0.1, 0.15) is 13.2 Å². The third-order valence-electron chi connectivity index (χ3n) is 7.98. The van der Waals surface area contributed by atoms with Gasteiger partial charge < -0.3 is 14.2 Å². The molecule has 0 rings (SSSR count). The Hall–Kier alpha value is -2.89. The van der Waals surface area contributed by atoms with Crippen LogP contribution < -0.4 is 0 Å². The molecule has 280 valence electrons. The smallest absolute Gasteiger partial charge is 0.306 e. The fraction of sp³-hybridized carbons (Fsp3) is 0.698. The lowest BCUT2D eigenvalue weighted by Crippen LogP contribution is -2.30. The first-order valence-electron chi connectivity index (χ1n) is 19.8. The van der Waals surface area contributed by atoms with Gasteiger partial charge in [-0.1, -0.05) is 133 Å². The Bertz CT molecular complexity index is 929. The third kappa shape index (κ3) is 36.2. The number of ether oxygens (including phenoxy) is 3. The summed E-state index contributed by atoms with van der Waals surface area (Å²) in [6.45, 7) is 6.32. The van der Waals surface area contributed by atoms with Crippen molar-refractivity contribution in [1.29, 1.82) is 0 Å². The van der Waals surface area contributed by atoms with Gasteiger partial charge in [0, 0.05) is 19.3 Å². The third-order valence-corrected chi connectivity index (χ3v) is 7.98. The number of allylic oxidation sites excluding steroid dienone is 10. The standard InChI is InChI=1S/C43H72O6/c1-4-7-10-13-16-19-21-24-27-30-33-36-42(45)48-39-40(38-47-41(44)35-32-29-26-23-18-15-12-9-6-3)49-43(46)37-34-31-28-25-22-20-17-14-11-8-5-2/h7,10,14,16-17,19,23-24,26-27,40H,4-6,8-9,11-13,15,18,20-22,25,28-39H2,1-3H3/b10-7-,17-14-,19-16-,26-23-,27-24-. The van der Waals surface area contributed by atoms with Gasteiger partial charge in [-0.15, -0.1) is 0 Å². The van der Waals surface area contributed by atoms with Crippen LogP contribution in [-0.4, -0.2) is 37.2 Å². The lowest BCUT2D eigenvalue weighted by Gasteiger charge is -2.18. The molecule has 49 heavy (non-hydrogen) atoms. The first-order valence-corrected chi connectivity index (χ1v) is 19.8. The maximum absolute atomic E-state index is 12.6. The Labute approximate surface area is 300 Å². The maximum atomic E-state index is 12.6. The summed E-state index contributed by atoms with van der Waals surface area (Å²) < 4.78 is 16.5. The van der Waals surface area contributed by atoms with E-state index in [9.17, 15) is 14.4 Å². The molecule has 0 aromatic heterocycles. The molecular weight excluding hydrogens is 612 g/mol. The van der Waals surface area contributed by atoms with Crippen molar-refractivity contribution in [2.75, 3.05) is 13.2 Å². The molecule has 0 aliphatic rings. The quantitative estimate of drug-likeness (QED) is 0.0290. The van der Waals surface area contributed by atoms with Crippen LogP contribution in [0.5, 0.6) is 0 Å². The Balaban J connectivity index is 4.51. The molecule has 0 aliphatic carbocycles. The van der Waals surface area contributed by atoms with Crippen LogP contribution in [0.3, 0.4) is 0 Å². The van der Waals surface area contributed by atoms with Crippen molar-refractivity contribution in [1.82, 2.24) is 0 Å². The summed E-state index contributed by atoms with van der Waals surface area (Å²) in [4.78, 5) is 37.4. The van der Waals surface area contributed by atoms with E-state index in [0.29, 0.717) is 25.7 Å². The first-order chi connectivity index (χ1) is 24.0. The average molecular weight is 685 g/mol. The van der Waals surface area contributed by atoms with Crippen LogP contribution >= 0.6 is 0 Å².